The second-order valence-corrected chi connectivity index (χ2v) is 6.32. The molecule has 9 heteroatoms. The molecule has 1 aliphatic rings. The Kier molecular flexibility index (Phi) is 8.21. The average Bonchev–Trinajstić information content (AvgIpc) is 2.72. The third kappa shape index (κ3) is 5.93. The minimum absolute atomic E-state index is 0.121. The van der Waals surface area contributed by atoms with Crippen LogP contribution in [-0.4, -0.2) is 61.8 Å². The van der Waals surface area contributed by atoms with E-state index in [-0.39, 0.29) is 18.7 Å². The van der Waals surface area contributed by atoms with Crippen LogP contribution in [0.5, 0.6) is 5.75 Å². The number of carbonyl (C=O) groups excluding carboxylic acids is 3. The van der Waals surface area contributed by atoms with Crippen LogP contribution in [0.25, 0.3) is 0 Å². The van der Waals surface area contributed by atoms with Gasteiger partial charge in [-0.3, -0.25) is 9.59 Å². The van der Waals surface area contributed by atoms with Crippen LogP contribution >= 0.6 is 0 Å². The van der Waals surface area contributed by atoms with Gasteiger partial charge in [0.1, 0.15) is 18.0 Å². The first-order chi connectivity index (χ1) is 13.5. The smallest absolute Gasteiger partial charge is 0.331 e. The van der Waals surface area contributed by atoms with Gasteiger partial charge in [0.2, 0.25) is 5.91 Å². The monoisotopic (exact) mass is 393 g/mol. The van der Waals surface area contributed by atoms with Crippen LogP contribution in [0.2, 0.25) is 0 Å². The predicted octanol–water partition coefficient (Wildman–Crippen LogP) is 0.385. The molecule has 0 spiro atoms. The maximum atomic E-state index is 12.8. The van der Waals surface area contributed by atoms with Crippen LogP contribution in [-0.2, 0) is 30.4 Å². The van der Waals surface area contributed by atoms with E-state index in [1.54, 1.807) is 26.2 Å². The minimum Gasteiger partial charge on any atom is -0.497 e. The molecule has 1 saturated heterocycles. The summed E-state index contributed by atoms with van der Waals surface area (Å²) in [5, 5.41) is 3.15. The van der Waals surface area contributed by atoms with Crippen LogP contribution < -0.4 is 15.5 Å². The molecule has 1 unspecified atom stereocenters. The van der Waals surface area contributed by atoms with Gasteiger partial charge in [-0.2, -0.15) is 5.48 Å². The van der Waals surface area contributed by atoms with Crippen LogP contribution in [0.1, 0.15) is 25.8 Å². The molecule has 2 rings (SSSR count). The van der Waals surface area contributed by atoms with Gasteiger partial charge < -0.3 is 24.5 Å². The van der Waals surface area contributed by atoms with E-state index in [0.717, 1.165) is 5.56 Å². The standard InChI is InChI=1S/C19H27N3O6/c1-4-18(24)28-21-19(25)16(11-14-5-7-15(26-3)8-6-14)22(13(2)23)17-12-20-9-10-27-17/h5-8,16-17,20H,4,9-12H2,1-3H3,(H,21,25)/t16-,17?/m0/s1. The predicted molar refractivity (Wildman–Crippen MR) is 100 cm³/mol. The Morgan fingerprint density at radius 2 is 2.04 bits per heavy atom. The Hall–Kier alpha value is -2.65. The summed E-state index contributed by atoms with van der Waals surface area (Å²) < 4.78 is 10.8. The van der Waals surface area contributed by atoms with E-state index in [1.165, 1.54) is 11.8 Å². The molecule has 0 bridgehead atoms. The van der Waals surface area contributed by atoms with Gasteiger partial charge in [-0.1, -0.05) is 19.1 Å². The van der Waals surface area contributed by atoms with E-state index in [0.29, 0.717) is 25.4 Å². The van der Waals surface area contributed by atoms with Crippen LogP contribution in [0.15, 0.2) is 24.3 Å². The summed E-state index contributed by atoms with van der Waals surface area (Å²) in [7, 11) is 1.57. The maximum Gasteiger partial charge on any atom is 0.331 e. The number of rotatable bonds is 7. The summed E-state index contributed by atoms with van der Waals surface area (Å²) >= 11 is 0. The Balaban J connectivity index is 2.24. The van der Waals surface area contributed by atoms with Crippen molar-refractivity contribution in [3.8, 4) is 5.75 Å². The summed E-state index contributed by atoms with van der Waals surface area (Å²) in [6.07, 6.45) is -0.254. The van der Waals surface area contributed by atoms with Crippen molar-refractivity contribution in [3.05, 3.63) is 29.8 Å². The van der Waals surface area contributed by atoms with Gasteiger partial charge in [-0.25, -0.2) is 4.79 Å². The zero-order valence-corrected chi connectivity index (χ0v) is 16.4. The summed E-state index contributed by atoms with van der Waals surface area (Å²) in [6.45, 7) is 4.50. The Morgan fingerprint density at radius 1 is 1.32 bits per heavy atom. The largest absolute Gasteiger partial charge is 0.497 e. The van der Waals surface area contributed by atoms with Crippen molar-refractivity contribution in [2.45, 2.75) is 39.0 Å². The Bertz CT molecular complexity index is 673. The molecule has 2 atom stereocenters. The summed E-state index contributed by atoms with van der Waals surface area (Å²) in [6, 6.07) is 6.27. The van der Waals surface area contributed by atoms with Gasteiger partial charge in [-0.05, 0) is 17.7 Å². The molecule has 28 heavy (non-hydrogen) atoms. The first kappa shape index (κ1) is 21.6. The van der Waals surface area contributed by atoms with E-state index in [4.69, 9.17) is 14.3 Å². The highest BCUT2D eigenvalue weighted by atomic mass is 16.7. The van der Waals surface area contributed by atoms with Crippen molar-refractivity contribution in [1.82, 2.24) is 15.7 Å². The molecule has 0 radical (unpaired) electrons. The molecule has 1 aromatic rings. The number of hydrogen-bond acceptors (Lipinski definition) is 7. The second kappa shape index (κ2) is 10.6. The topological polar surface area (TPSA) is 106 Å². The number of carbonyl (C=O) groups is 3. The van der Waals surface area contributed by atoms with Crippen LogP contribution in [0.4, 0.5) is 0 Å². The molecule has 0 aliphatic carbocycles. The van der Waals surface area contributed by atoms with Gasteiger partial charge in [0, 0.05) is 32.9 Å². The molecule has 0 saturated carbocycles. The quantitative estimate of drug-likeness (QED) is 0.645. The third-order valence-electron chi connectivity index (χ3n) is 4.36. The number of benzene rings is 1. The highest BCUT2D eigenvalue weighted by Gasteiger charge is 2.35. The van der Waals surface area contributed by atoms with E-state index >= 15 is 0 Å². The maximum absolute atomic E-state index is 12.8. The molecule has 1 fully saturated rings. The molecule has 1 aromatic carbocycles. The molecule has 154 valence electrons. The Labute approximate surface area is 164 Å². The molecule has 1 heterocycles. The summed E-state index contributed by atoms with van der Waals surface area (Å²) in [4.78, 5) is 42.7. The lowest BCUT2D eigenvalue weighted by atomic mass is 10.0. The van der Waals surface area contributed by atoms with Gasteiger partial charge >= 0.3 is 5.97 Å². The normalized spacial score (nSPS) is 17.3. The molecule has 2 N–H and O–H groups in total. The van der Waals surface area contributed by atoms with E-state index < -0.39 is 24.1 Å². The first-order valence-electron chi connectivity index (χ1n) is 9.20. The number of hydroxylamine groups is 1. The van der Waals surface area contributed by atoms with Crippen molar-refractivity contribution in [2.24, 2.45) is 0 Å². The average molecular weight is 393 g/mol. The first-order valence-corrected chi connectivity index (χ1v) is 9.20. The van der Waals surface area contributed by atoms with Crippen molar-refractivity contribution >= 4 is 17.8 Å². The number of ether oxygens (including phenoxy) is 2. The molecular formula is C19H27N3O6. The SMILES string of the molecule is CCC(=O)ONC(=O)[C@H](Cc1ccc(OC)cc1)N(C(C)=O)C1CNCCO1. The summed E-state index contributed by atoms with van der Waals surface area (Å²) in [5.41, 5.74) is 2.99. The third-order valence-corrected chi connectivity index (χ3v) is 4.36. The fourth-order valence-electron chi connectivity index (χ4n) is 2.90. The van der Waals surface area contributed by atoms with E-state index in [1.807, 2.05) is 12.1 Å². The minimum atomic E-state index is -0.916. The molecule has 9 nitrogen and oxygen atoms in total. The number of nitrogens with zero attached hydrogens (tertiary/aromatic N) is 1. The molecule has 0 aromatic heterocycles. The lowest BCUT2D eigenvalue weighted by Gasteiger charge is -2.38. The van der Waals surface area contributed by atoms with Crippen molar-refractivity contribution in [3.63, 3.8) is 0 Å². The fourth-order valence-corrected chi connectivity index (χ4v) is 2.90. The van der Waals surface area contributed by atoms with Crippen molar-refractivity contribution < 1.29 is 28.7 Å². The van der Waals surface area contributed by atoms with Crippen LogP contribution in [0, 0.1) is 0 Å². The number of methoxy groups -OCH3 is 1. The van der Waals surface area contributed by atoms with Crippen molar-refractivity contribution in [2.75, 3.05) is 26.8 Å². The zero-order valence-electron chi connectivity index (χ0n) is 16.4. The highest BCUT2D eigenvalue weighted by Crippen LogP contribution is 2.18. The number of nitrogens with one attached hydrogen (secondary N) is 2. The zero-order chi connectivity index (χ0) is 20.5. The second-order valence-electron chi connectivity index (χ2n) is 6.32. The van der Waals surface area contributed by atoms with E-state index in [9.17, 15) is 14.4 Å². The molecule has 2 amide bonds. The van der Waals surface area contributed by atoms with Gasteiger partial charge in [0.05, 0.1) is 13.7 Å². The van der Waals surface area contributed by atoms with Crippen LogP contribution in [0.3, 0.4) is 0 Å². The lowest BCUT2D eigenvalue weighted by molar-refractivity contribution is -0.168. The fraction of sp³-hybridized carbons (Fsp3) is 0.526. The summed E-state index contributed by atoms with van der Waals surface area (Å²) in [5.74, 6) is -0.794. The number of hydrogen-bond donors (Lipinski definition) is 2. The number of morpholine rings is 1. The van der Waals surface area contributed by atoms with Gasteiger partial charge in [0.15, 0.2) is 0 Å². The van der Waals surface area contributed by atoms with Gasteiger partial charge in [0.25, 0.3) is 5.91 Å². The Morgan fingerprint density at radius 3 is 2.57 bits per heavy atom. The van der Waals surface area contributed by atoms with Crippen molar-refractivity contribution in [1.29, 1.82) is 0 Å². The lowest BCUT2D eigenvalue weighted by Crippen LogP contribution is -2.59. The highest BCUT2D eigenvalue weighted by molar-refractivity contribution is 5.87. The molecule has 1 aliphatic heterocycles. The van der Waals surface area contributed by atoms with E-state index in [2.05, 4.69) is 10.8 Å². The number of amides is 2. The molecular weight excluding hydrogens is 366 g/mol. The van der Waals surface area contributed by atoms with Gasteiger partial charge in [-0.15, -0.1) is 0 Å².